The number of rotatable bonds is 28. The number of nitrogens with zero attached hydrogens (tertiary/aromatic N) is 3. The molecule has 1 aliphatic rings. The van der Waals surface area contributed by atoms with E-state index in [4.69, 9.17) is 11.5 Å². The monoisotopic (exact) mass is 1000 g/mol. The lowest BCUT2D eigenvalue weighted by Gasteiger charge is -2.32. The van der Waals surface area contributed by atoms with Crippen molar-refractivity contribution in [3.05, 3.63) is 89.8 Å². The molecule has 13 N–H and O–H groups in total. The number of amides is 7. The van der Waals surface area contributed by atoms with Crippen molar-refractivity contribution < 1.29 is 47.9 Å². The number of carboxylic acids is 1. The van der Waals surface area contributed by atoms with Crippen LogP contribution in [0.1, 0.15) is 76.6 Å². The molecule has 0 saturated carbocycles. The number of nitrogens with two attached hydrogens (primary N) is 2. The molecule has 23 heteroatoms. The summed E-state index contributed by atoms with van der Waals surface area (Å²) in [6.45, 7) is 7.08. The fraction of sp³-hybridized carbons (Fsp3) is 0.510. The number of H-pyrrole nitrogens is 1. The highest BCUT2D eigenvalue weighted by atomic mass is 19.1. The zero-order chi connectivity index (χ0) is 52.9. The number of aromatic nitrogens is 2. The molecule has 0 bridgehead atoms. The second-order valence-corrected chi connectivity index (χ2v) is 18.2. The Hall–Kier alpha value is -7.43. The van der Waals surface area contributed by atoms with E-state index < -0.39 is 107 Å². The van der Waals surface area contributed by atoms with Crippen molar-refractivity contribution in [2.75, 3.05) is 26.7 Å². The van der Waals surface area contributed by atoms with Gasteiger partial charge in [0.05, 0.1) is 12.9 Å². The number of carboxylic acid groups (broad SMARTS) is 1. The molecule has 1 aromatic heterocycles. The number of halogens is 1. The van der Waals surface area contributed by atoms with Crippen LogP contribution in [0.4, 0.5) is 4.39 Å². The van der Waals surface area contributed by atoms with Gasteiger partial charge in [-0.25, -0.2) is 14.2 Å². The van der Waals surface area contributed by atoms with Gasteiger partial charge in [0.25, 0.3) is 0 Å². The first-order chi connectivity index (χ1) is 34.3. The largest absolute Gasteiger partial charge is 0.480 e. The molecule has 3 aromatic rings. The van der Waals surface area contributed by atoms with E-state index in [0.717, 1.165) is 0 Å². The number of guanidine groups is 1. The van der Waals surface area contributed by atoms with Crippen molar-refractivity contribution in [1.29, 1.82) is 0 Å². The minimum Gasteiger partial charge on any atom is -0.480 e. The first kappa shape index (κ1) is 57.2. The Balaban J connectivity index is 1.58. The van der Waals surface area contributed by atoms with Crippen LogP contribution in [0.2, 0.25) is 0 Å². The first-order valence-electron chi connectivity index (χ1n) is 24.1. The molecule has 392 valence electrons. The summed E-state index contributed by atoms with van der Waals surface area (Å²) in [5.41, 5.74) is 12.5. The molecule has 0 aliphatic carbocycles. The second kappa shape index (κ2) is 28.4. The lowest BCUT2D eigenvalue weighted by Crippen LogP contribution is -2.62. The summed E-state index contributed by atoms with van der Waals surface area (Å²) in [5, 5.41) is 29.0. The topological polar surface area (TPSA) is 337 Å². The fourth-order valence-electron chi connectivity index (χ4n) is 8.15. The number of likely N-dealkylation sites (N-methyl/N-ethyl adjacent to an activating group) is 1. The van der Waals surface area contributed by atoms with Gasteiger partial charge < -0.3 is 63.7 Å². The summed E-state index contributed by atoms with van der Waals surface area (Å²) in [4.78, 5) is 122. The van der Waals surface area contributed by atoms with Gasteiger partial charge in [-0.2, -0.15) is 0 Å². The number of nitrogens with one attached hydrogen (secondary N) is 8. The Morgan fingerprint density at radius 2 is 1.42 bits per heavy atom. The van der Waals surface area contributed by atoms with Gasteiger partial charge in [-0.15, -0.1) is 0 Å². The second-order valence-electron chi connectivity index (χ2n) is 18.2. The molecule has 2 aromatic carbocycles. The fourth-order valence-corrected chi connectivity index (χ4v) is 8.15. The molecule has 2 heterocycles. The van der Waals surface area contributed by atoms with Crippen LogP contribution in [0.15, 0.2) is 72.1 Å². The van der Waals surface area contributed by atoms with Crippen LogP contribution < -0.4 is 48.7 Å². The number of aromatic amines is 1. The standard InChI is InChI=1S/C49H70FN13O9/c1-6-29(4)41(46(69)59-36(24-33-25-54-27-56-33)47(70)63-21-11-15-38(63)44(67)60-37(48(71)72)23-30-12-8-7-9-13-30)62-43(66)35(22-31-16-18-32(50)19-17-31)58-45(68)40(28(2)3)61-42(65)34(57-39(64)26-53-5)14-10-20-55-49(51)52/h7-9,12-13,16-19,25,27-29,34-38,40-41,53H,6,10-11,14-15,20-24,26H2,1-5H3,(H,54,56)(H,57,64)(H,58,68)(H,59,69)(H,60,67)(H,61,65)(H,62,66)(H,71,72)(H4,51,52,55)/t29-,34-,35-,36-,37-,38-,40-,41-/m0/s1. The van der Waals surface area contributed by atoms with Crippen LogP contribution in [-0.2, 0) is 57.6 Å². The summed E-state index contributed by atoms with van der Waals surface area (Å²) in [6.07, 6.45) is 4.06. The highest BCUT2D eigenvalue weighted by Gasteiger charge is 2.41. The molecule has 0 unspecified atom stereocenters. The van der Waals surface area contributed by atoms with Gasteiger partial charge in [-0.05, 0) is 67.8 Å². The zero-order valence-corrected chi connectivity index (χ0v) is 41.4. The minimum absolute atomic E-state index is 0.00944. The number of imidazole rings is 1. The van der Waals surface area contributed by atoms with Crippen LogP contribution in [0.3, 0.4) is 0 Å². The highest BCUT2D eigenvalue weighted by molar-refractivity contribution is 5.98. The van der Waals surface area contributed by atoms with Gasteiger partial charge in [0.15, 0.2) is 5.96 Å². The van der Waals surface area contributed by atoms with Crippen LogP contribution in [0.5, 0.6) is 0 Å². The average Bonchev–Trinajstić information content (AvgIpc) is 4.06. The molecule has 7 amide bonds. The highest BCUT2D eigenvalue weighted by Crippen LogP contribution is 2.21. The smallest absolute Gasteiger partial charge is 0.326 e. The van der Waals surface area contributed by atoms with Crippen molar-refractivity contribution >= 4 is 53.3 Å². The first-order valence-corrected chi connectivity index (χ1v) is 24.1. The number of aliphatic imine (C=N–C) groups is 1. The van der Waals surface area contributed by atoms with Gasteiger partial charge in [-0.1, -0.05) is 76.6 Å². The van der Waals surface area contributed by atoms with Gasteiger partial charge in [-0.3, -0.25) is 38.6 Å². The summed E-state index contributed by atoms with van der Waals surface area (Å²) in [6, 6.07) is 5.41. The Morgan fingerprint density at radius 3 is 2.03 bits per heavy atom. The maximum absolute atomic E-state index is 14.5. The van der Waals surface area contributed by atoms with Gasteiger partial charge in [0, 0.05) is 44.2 Å². The van der Waals surface area contributed by atoms with E-state index >= 15 is 0 Å². The molecule has 0 radical (unpaired) electrons. The predicted octanol–water partition coefficient (Wildman–Crippen LogP) is -0.464. The van der Waals surface area contributed by atoms with E-state index in [0.29, 0.717) is 36.1 Å². The summed E-state index contributed by atoms with van der Waals surface area (Å²) in [7, 11) is 1.56. The number of aliphatic carboxylic acids is 1. The normalized spacial score (nSPS) is 16.2. The minimum atomic E-state index is -1.39. The Bertz CT molecular complexity index is 2310. The Labute approximate surface area is 418 Å². The van der Waals surface area contributed by atoms with Gasteiger partial charge >= 0.3 is 5.97 Å². The summed E-state index contributed by atoms with van der Waals surface area (Å²) < 4.78 is 14.1. The molecule has 1 aliphatic heterocycles. The number of carbonyl (C=O) groups is 8. The van der Waals surface area contributed by atoms with Crippen molar-refractivity contribution in [3.8, 4) is 0 Å². The summed E-state index contributed by atoms with van der Waals surface area (Å²) in [5.74, 6) is -7.81. The van der Waals surface area contributed by atoms with Crippen LogP contribution in [0, 0.1) is 17.7 Å². The molecule has 4 rings (SSSR count). The number of hydrogen-bond acceptors (Lipinski definition) is 11. The number of benzene rings is 2. The molecular formula is C49H70FN13O9. The van der Waals surface area contributed by atoms with Crippen LogP contribution >= 0.6 is 0 Å². The lowest BCUT2D eigenvalue weighted by molar-refractivity contribution is -0.145. The van der Waals surface area contributed by atoms with Crippen molar-refractivity contribution in [1.82, 2.24) is 52.1 Å². The third kappa shape index (κ3) is 17.8. The molecule has 1 saturated heterocycles. The predicted molar refractivity (Wildman–Crippen MR) is 265 cm³/mol. The molecule has 72 heavy (non-hydrogen) atoms. The maximum atomic E-state index is 14.5. The molecule has 0 spiro atoms. The Morgan fingerprint density at radius 1 is 0.792 bits per heavy atom. The van der Waals surface area contributed by atoms with Crippen LogP contribution in [-0.4, -0.2) is 142 Å². The number of likely N-dealkylation sites (tertiary alicyclic amines) is 1. The molecular weight excluding hydrogens is 934 g/mol. The van der Waals surface area contributed by atoms with Gasteiger partial charge in [0.1, 0.15) is 48.1 Å². The van der Waals surface area contributed by atoms with E-state index in [1.165, 1.54) is 41.7 Å². The SMILES string of the molecule is CC[C@H](C)[C@H](NC(=O)[C@H](Cc1ccc(F)cc1)NC(=O)[C@@H](NC(=O)[C@H](CCCN=C(N)N)NC(=O)CNC)C(C)C)C(=O)N[C@@H](Cc1cnc[nH]1)C(=O)N1CCC[C@H]1C(=O)N[C@@H](Cc1ccccc1)C(=O)O. The molecule has 1 fully saturated rings. The Kier molecular flexibility index (Phi) is 22.6. The zero-order valence-electron chi connectivity index (χ0n) is 41.4. The van der Waals surface area contributed by atoms with E-state index in [-0.39, 0.29) is 57.7 Å². The molecule has 22 nitrogen and oxygen atoms in total. The average molecular weight is 1000 g/mol. The van der Waals surface area contributed by atoms with Gasteiger partial charge in [0.2, 0.25) is 41.4 Å². The van der Waals surface area contributed by atoms with E-state index in [2.05, 4.69) is 52.2 Å². The van der Waals surface area contributed by atoms with Crippen molar-refractivity contribution in [2.24, 2.45) is 28.3 Å². The number of carbonyl (C=O) groups excluding carboxylic acids is 7. The molecule has 8 atom stereocenters. The third-order valence-electron chi connectivity index (χ3n) is 12.3. The van der Waals surface area contributed by atoms with E-state index in [9.17, 15) is 47.9 Å². The quantitative estimate of drug-likeness (QED) is 0.0250. The van der Waals surface area contributed by atoms with E-state index in [1.54, 1.807) is 65.1 Å². The number of hydrogen-bond donors (Lipinski definition) is 11. The van der Waals surface area contributed by atoms with E-state index in [1.807, 2.05) is 0 Å². The third-order valence-corrected chi connectivity index (χ3v) is 12.3. The maximum Gasteiger partial charge on any atom is 0.326 e. The summed E-state index contributed by atoms with van der Waals surface area (Å²) >= 11 is 0. The lowest BCUT2D eigenvalue weighted by atomic mass is 9.96. The van der Waals surface area contributed by atoms with Crippen molar-refractivity contribution in [2.45, 2.75) is 121 Å². The van der Waals surface area contributed by atoms with Crippen LogP contribution in [0.25, 0.3) is 0 Å². The van der Waals surface area contributed by atoms with Crippen molar-refractivity contribution in [3.63, 3.8) is 0 Å².